The van der Waals surface area contributed by atoms with Crippen molar-refractivity contribution in [2.75, 3.05) is 6.61 Å². The number of ether oxygens (including phenoxy) is 2. The molecule has 0 saturated heterocycles. The SMILES string of the molecule is Cc1ccc(S(=O)(=O)OC[C@@H](NC(=O)OC(C)(C)C)C(=O)OCc2ccccc2)cc1. The average Bonchev–Trinajstić information content (AvgIpc) is 2.69. The van der Waals surface area contributed by atoms with E-state index < -0.39 is 40.4 Å². The average molecular weight is 450 g/mol. The summed E-state index contributed by atoms with van der Waals surface area (Å²) in [5.41, 5.74) is 0.810. The van der Waals surface area contributed by atoms with E-state index in [0.29, 0.717) is 0 Å². The van der Waals surface area contributed by atoms with Crippen molar-refractivity contribution in [3.63, 3.8) is 0 Å². The first-order valence-corrected chi connectivity index (χ1v) is 11.0. The van der Waals surface area contributed by atoms with E-state index >= 15 is 0 Å². The minimum absolute atomic E-state index is 0.0448. The molecular formula is C22H27NO7S. The lowest BCUT2D eigenvalue weighted by atomic mass is 10.2. The largest absolute Gasteiger partial charge is 0.459 e. The first-order chi connectivity index (χ1) is 14.5. The summed E-state index contributed by atoms with van der Waals surface area (Å²) in [6, 6.07) is 13.6. The highest BCUT2D eigenvalue weighted by molar-refractivity contribution is 7.86. The van der Waals surface area contributed by atoms with E-state index in [2.05, 4.69) is 5.32 Å². The molecule has 0 heterocycles. The molecule has 2 rings (SSSR count). The number of hydrogen-bond acceptors (Lipinski definition) is 7. The van der Waals surface area contributed by atoms with Crippen LogP contribution in [0.25, 0.3) is 0 Å². The van der Waals surface area contributed by atoms with Crippen molar-refractivity contribution in [2.24, 2.45) is 0 Å². The maximum Gasteiger partial charge on any atom is 0.408 e. The normalized spacial score (nSPS) is 12.6. The lowest BCUT2D eigenvalue weighted by molar-refractivity contribution is -0.148. The molecular weight excluding hydrogens is 422 g/mol. The van der Waals surface area contributed by atoms with Crippen molar-refractivity contribution in [3.05, 3.63) is 65.7 Å². The van der Waals surface area contributed by atoms with Crippen molar-refractivity contribution < 1.29 is 31.7 Å². The topological polar surface area (TPSA) is 108 Å². The Morgan fingerprint density at radius 1 is 1.00 bits per heavy atom. The lowest BCUT2D eigenvalue weighted by Gasteiger charge is -2.23. The molecule has 2 aromatic carbocycles. The number of alkyl carbamates (subject to hydrolysis) is 1. The molecule has 0 radical (unpaired) electrons. The van der Waals surface area contributed by atoms with Crippen LogP contribution in [0.1, 0.15) is 31.9 Å². The third kappa shape index (κ3) is 8.39. The van der Waals surface area contributed by atoms with Gasteiger partial charge in [-0.2, -0.15) is 8.42 Å². The number of aryl methyl sites for hydroxylation is 1. The molecule has 0 bridgehead atoms. The molecule has 0 aliphatic heterocycles. The van der Waals surface area contributed by atoms with E-state index in [-0.39, 0.29) is 11.5 Å². The number of amides is 1. The molecule has 0 aliphatic carbocycles. The number of carbonyl (C=O) groups is 2. The summed E-state index contributed by atoms with van der Waals surface area (Å²) in [6.45, 7) is 6.11. The molecule has 2 aromatic rings. The summed E-state index contributed by atoms with van der Waals surface area (Å²) in [5.74, 6) is -0.853. The fraction of sp³-hybridized carbons (Fsp3) is 0.364. The van der Waals surface area contributed by atoms with E-state index in [4.69, 9.17) is 13.7 Å². The van der Waals surface area contributed by atoms with Crippen LogP contribution in [0, 0.1) is 6.92 Å². The summed E-state index contributed by atoms with van der Waals surface area (Å²) >= 11 is 0. The maximum atomic E-state index is 12.5. The Morgan fingerprint density at radius 2 is 1.61 bits per heavy atom. The van der Waals surface area contributed by atoms with Crippen LogP contribution in [-0.4, -0.2) is 38.7 Å². The lowest BCUT2D eigenvalue weighted by Crippen LogP contribution is -2.47. The van der Waals surface area contributed by atoms with Crippen LogP contribution in [0.15, 0.2) is 59.5 Å². The van der Waals surface area contributed by atoms with Gasteiger partial charge in [0, 0.05) is 0 Å². The Morgan fingerprint density at radius 3 is 2.19 bits per heavy atom. The predicted octanol–water partition coefficient (Wildman–Crippen LogP) is 3.34. The van der Waals surface area contributed by atoms with Gasteiger partial charge in [-0.15, -0.1) is 0 Å². The second-order valence-corrected chi connectivity index (χ2v) is 9.46. The Hall–Kier alpha value is -2.91. The minimum Gasteiger partial charge on any atom is -0.459 e. The van der Waals surface area contributed by atoms with Crippen molar-refractivity contribution in [3.8, 4) is 0 Å². The van der Waals surface area contributed by atoms with Crippen LogP contribution in [0.5, 0.6) is 0 Å². The number of esters is 1. The van der Waals surface area contributed by atoms with Crippen LogP contribution in [0.2, 0.25) is 0 Å². The van der Waals surface area contributed by atoms with E-state index in [1.54, 1.807) is 57.2 Å². The summed E-state index contributed by atoms with van der Waals surface area (Å²) < 4.78 is 40.3. The number of benzene rings is 2. The Kier molecular flexibility index (Phi) is 8.18. The molecule has 1 amide bonds. The van der Waals surface area contributed by atoms with Crippen molar-refractivity contribution in [2.45, 2.75) is 50.8 Å². The zero-order chi connectivity index (χ0) is 23.1. The van der Waals surface area contributed by atoms with Gasteiger partial charge >= 0.3 is 12.1 Å². The van der Waals surface area contributed by atoms with Crippen LogP contribution in [0.3, 0.4) is 0 Å². The highest BCUT2D eigenvalue weighted by Gasteiger charge is 2.28. The van der Waals surface area contributed by atoms with E-state index in [9.17, 15) is 18.0 Å². The monoisotopic (exact) mass is 449 g/mol. The molecule has 0 unspecified atom stereocenters. The van der Waals surface area contributed by atoms with E-state index in [1.165, 1.54) is 12.1 Å². The second-order valence-electron chi connectivity index (χ2n) is 7.84. The molecule has 0 fully saturated rings. The van der Waals surface area contributed by atoms with Gasteiger partial charge in [0.1, 0.15) is 12.2 Å². The van der Waals surface area contributed by atoms with Crippen LogP contribution < -0.4 is 5.32 Å². The third-order valence-corrected chi connectivity index (χ3v) is 5.19. The van der Waals surface area contributed by atoms with Crippen molar-refractivity contribution >= 4 is 22.2 Å². The van der Waals surface area contributed by atoms with Gasteiger partial charge in [-0.3, -0.25) is 4.18 Å². The Bertz CT molecular complexity index is 981. The van der Waals surface area contributed by atoms with Gasteiger partial charge in [0.2, 0.25) is 0 Å². The predicted molar refractivity (Wildman–Crippen MR) is 114 cm³/mol. The number of rotatable bonds is 8. The molecule has 0 aromatic heterocycles. The molecule has 9 heteroatoms. The standard InChI is InChI=1S/C22H27NO7S/c1-16-10-12-18(13-11-16)31(26,27)29-15-19(23-21(25)30-22(2,3)4)20(24)28-14-17-8-6-5-7-9-17/h5-13,19H,14-15H2,1-4H3,(H,23,25)/t19-/m1/s1. The highest BCUT2D eigenvalue weighted by Crippen LogP contribution is 2.14. The van der Waals surface area contributed by atoms with Gasteiger partial charge < -0.3 is 14.8 Å². The fourth-order valence-corrected chi connectivity index (χ4v) is 3.30. The molecule has 168 valence electrons. The summed E-state index contributed by atoms with van der Waals surface area (Å²) in [5, 5.41) is 2.32. The van der Waals surface area contributed by atoms with Crippen molar-refractivity contribution in [1.29, 1.82) is 0 Å². The number of hydrogen-bond donors (Lipinski definition) is 1. The first-order valence-electron chi connectivity index (χ1n) is 9.62. The molecule has 0 aliphatic rings. The summed E-state index contributed by atoms with van der Waals surface area (Å²) in [7, 11) is -4.14. The fourth-order valence-electron chi connectivity index (χ4n) is 2.38. The van der Waals surface area contributed by atoms with E-state index in [0.717, 1.165) is 11.1 Å². The molecule has 1 atom stereocenters. The molecule has 1 N–H and O–H groups in total. The Balaban J connectivity index is 2.09. The molecule has 31 heavy (non-hydrogen) atoms. The Labute approximate surface area is 182 Å². The molecule has 0 spiro atoms. The second kappa shape index (κ2) is 10.4. The van der Waals surface area contributed by atoms with Gasteiger partial charge in [-0.1, -0.05) is 48.0 Å². The van der Waals surface area contributed by atoms with Gasteiger partial charge in [0.05, 0.1) is 11.5 Å². The molecule has 0 saturated carbocycles. The smallest absolute Gasteiger partial charge is 0.408 e. The van der Waals surface area contributed by atoms with Crippen molar-refractivity contribution in [1.82, 2.24) is 5.32 Å². The minimum atomic E-state index is -4.14. The van der Waals surface area contributed by atoms with Gasteiger partial charge in [0.25, 0.3) is 10.1 Å². The number of carbonyl (C=O) groups excluding carboxylic acids is 2. The van der Waals surface area contributed by atoms with Crippen LogP contribution in [0.4, 0.5) is 4.79 Å². The van der Waals surface area contributed by atoms with Gasteiger partial charge in [-0.25, -0.2) is 9.59 Å². The quantitative estimate of drug-likeness (QED) is 0.486. The van der Waals surface area contributed by atoms with Crippen LogP contribution >= 0.6 is 0 Å². The van der Waals surface area contributed by atoms with Crippen LogP contribution in [-0.2, 0) is 35.2 Å². The summed E-state index contributed by atoms with van der Waals surface area (Å²) in [6.07, 6.45) is -0.898. The zero-order valence-electron chi connectivity index (χ0n) is 18.0. The third-order valence-electron chi connectivity index (χ3n) is 3.90. The van der Waals surface area contributed by atoms with Gasteiger partial charge in [0.15, 0.2) is 6.04 Å². The van der Waals surface area contributed by atoms with Gasteiger partial charge in [-0.05, 0) is 45.4 Å². The van der Waals surface area contributed by atoms with E-state index in [1.807, 2.05) is 13.0 Å². The maximum absolute atomic E-state index is 12.5. The number of nitrogens with one attached hydrogen (secondary N) is 1. The molecule has 8 nitrogen and oxygen atoms in total. The first kappa shape index (κ1) is 24.4. The zero-order valence-corrected chi connectivity index (χ0v) is 18.8. The summed E-state index contributed by atoms with van der Waals surface area (Å²) in [4.78, 5) is 24.6. The highest BCUT2D eigenvalue weighted by atomic mass is 32.2.